The molecule has 3 N–H and O–H groups in total. The van der Waals surface area contributed by atoms with Crippen molar-refractivity contribution in [2.75, 3.05) is 26.3 Å². The van der Waals surface area contributed by atoms with Crippen LogP contribution in [0.25, 0.3) is 5.57 Å². The van der Waals surface area contributed by atoms with Crippen molar-refractivity contribution >= 4 is 34.7 Å². The number of rotatable bonds is 10. The molecule has 1 atom stereocenters. The largest absolute Gasteiger partial charge is 0.490 e. The molecule has 3 aromatic carbocycles. The Bertz CT molecular complexity index is 1440. The second-order valence-corrected chi connectivity index (χ2v) is 12.2. The minimum absolute atomic E-state index is 0.0767. The summed E-state index contributed by atoms with van der Waals surface area (Å²) in [5, 5.41) is 4.37. The van der Waals surface area contributed by atoms with E-state index in [2.05, 4.69) is 42.3 Å². The maximum absolute atomic E-state index is 14.2. The number of amides is 1. The summed E-state index contributed by atoms with van der Waals surface area (Å²) in [5.74, 6) is 1.27. The van der Waals surface area contributed by atoms with Crippen LogP contribution in [-0.2, 0) is 11.3 Å². The molecule has 0 aromatic heterocycles. The molecule has 5 rings (SSSR count). The fourth-order valence-electron chi connectivity index (χ4n) is 5.42. The van der Waals surface area contributed by atoms with Crippen LogP contribution < -0.4 is 20.5 Å². The van der Waals surface area contributed by atoms with Crippen LogP contribution in [0, 0.1) is 20.8 Å². The van der Waals surface area contributed by atoms with Gasteiger partial charge in [0.25, 0.3) is 5.91 Å². The molecule has 2 aliphatic rings. The van der Waals surface area contributed by atoms with E-state index >= 15 is 0 Å². The predicted molar refractivity (Wildman–Crippen MR) is 171 cm³/mol. The topological polar surface area (TPSA) is 76.8 Å². The zero-order valence-corrected chi connectivity index (χ0v) is 26.0. The minimum Gasteiger partial charge on any atom is -0.490 e. The van der Waals surface area contributed by atoms with Gasteiger partial charge in [-0.3, -0.25) is 4.79 Å². The summed E-state index contributed by atoms with van der Waals surface area (Å²) in [5.41, 5.74) is 13.9. The predicted octanol–water partition coefficient (Wildman–Crippen LogP) is 6.64. The van der Waals surface area contributed by atoms with Gasteiger partial charge >= 0.3 is 0 Å². The number of nitrogens with one attached hydrogen (secondary N) is 1. The fourth-order valence-corrected chi connectivity index (χ4v) is 6.12. The van der Waals surface area contributed by atoms with Gasteiger partial charge in [-0.05, 0) is 97.7 Å². The summed E-state index contributed by atoms with van der Waals surface area (Å²) in [7, 11) is 0. The van der Waals surface area contributed by atoms with Crippen LogP contribution in [-0.4, -0.2) is 49.2 Å². The lowest BCUT2D eigenvalue weighted by Gasteiger charge is -2.26. The van der Waals surface area contributed by atoms with Gasteiger partial charge in [-0.15, -0.1) is 0 Å². The molecule has 1 saturated carbocycles. The van der Waals surface area contributed by atoms with E-state index in [9.17, 15) is 4.79 Å². The zero-order valence-electron chi connectivity index (χ0n) is 24.5. The minimum atomic E-state index is -0.0767. The number of nitrogens with two attached hydrogens (primary N) is 1. The lowest BCUT2D eigenvalue weighted by atomic mass is 9.94. The van der Waals surface area contributed by atoms with Crippen LogP contribution in [0.4, 0.5) is 0 Å². The number of halogens is 2. The standard InChI is InChI=1S/C34H39Cl2N3O3/c1-21-15-31(35)33(32(36)16-21)42-14-13-41-28-11-7-24(8-12-28)29-17-26(37)18-38-19-30(29)34(40)39(27-9-10-27)20-25-6-4-5-22(2)23(25)3/h4-8,11-12,15-16,26-27,38H,9-10,13-14,17-20,37H2,1-3H3. The van der Waals surface area contributed by atoms with E-state index in [4.69, 9.17) is 38.4 Å². The maximum atomic E-state index is 14.2. The van der Waals surface area contributed by atoms with E-state index in [1.807, 2.05) is 43.3 Å². The zero-order chi connectivity index (χ0) is 29.8. The molecule has 1 amide bonds. The molecule has 1 unspecified atom stereocenters. The lowest BCUT2D eigenvalue weighted by molar-refractivity contribution is -0.128. The second kappa shape index (κ2) is 13.5. The summed E-state index contributed by atoms with van der Waals surface area (Å²) >= 11 is 12.6. The molecule has 0 spiro atoms. The van der Waals surface area contributed by atoms with E-state index in [1.165, 1.54) is 16.7 Å². The van der Waals surface area contributed by atoms with E-state index < -0.39 is 0 Å². The average molecular weight is 609 g/mol. The Balaban J connectivity index is 1.31. The van der Waals surface area contributed by atoms with E-state index in [0.29, 0.717) is 60.8 Å². The van der Waals surface area contributed by atoms with Crippen molar-refractivity contribution in [2.24, 2.45) is 5.73 Å². The van der Waals surface area contributed by atoms with Gasteiger partial charge in [-0.25, -0.2) is 0 Å². The normalized spacial score (nSPS) is 17.1. The third-order valence-electron chi connectivity index (χ3n) is 8.05. The molecule has 1 heterocycles. The first kappa shape index (κ1) is 30.4. The van der Waals surface area contributed by atoms with Gasteiger partial charge in [-0.1, -0.05) is 53.5 Å². The molecular weight excluding hydrogens is 569 g/mol. The van der Waals surface area contributed by atoms with Crippen LogP contribution in [0.2, 0.25) is 10.0 Å². The number of aryl methyl sites for hydroxylation is 2. The van der Waals surface area contributed by atoms with Crippen LogP contribution in [0.3, 0.4) is 0 Å². The van der Waals surface area contributed by atoms with Crippen LogP contribution in [0.15, 0.2) is 60.2 Å². The summed E-state index contributed by atoms with van der Waals surface area (Å²) in [6.45, 7) is 8.59. The second-order valence-electron chi connectivity index (χ2n) is 11.4. The van der Waals surface area contributed by atoms with Gasteiger partial charge in [-0.2, -0.15) is 0 Å². The molecule has 1 aliphatic carbocycles. The van der Waals surface area contributed by atoms with Crippen LogP contribution >= 0.6 is 23.2 Å². The van der Waals surface area contributed by atoms with E-state index in [0.717, 1.165) is 35.1 Å². The number of carbonyl (C=O) groups excluding carboxylic acids is 1. The van der Waals surface area contributed by atoms with E-state index in [1.54, 1.807) is 0 Å². The first-order valence-corrected chi connectivity index (χ1v) is 15.3. The number of ether oxygens (including phenoxy) is 2. The first-order valence-electron chi connectivity index (χ1n) is 14.6. The van der Waals surface area contributed by atoms with Gasteiger partial charge in [0.2, 0.25) is 0 Å². The highest BCUT2D eigenvalue weighted by atomic mass is 35.5. The fraction of sp³-hybridized carbons (Fsp3) is 0.382. The Morgan fingerprint density at radius 2 is 1.69 bits per heavy atom. The van der Waals surface area contributed by atoms with Crippen molar-refractivity contribution in [3.63, 3.8) is 0 Å². The van der Waals surface area contributed by atoms with Crippen molar-refractivity contribution in [3.05, 3.63) is 98.0 Å². The van der Waals surface area contributed by atoms with Gasteiger partial charge in [0, 0.05) is 37.3 Å². The monoisotopic (exact) mass is 607 g/mol. The third-order valence-corrected chi connectivity index (χ3v) is 8.61. The first-order chi connectivity index (χ1) is 20.2. The Hall–Kier alpha value is -3.03. The van der Waals surface area contributed by atoms with E-state index in [-0.39, 0.29) is 18.0 Å². The number of carbonyl (C=O) groups is 1. The highest BCUT2D eigenvalue weighted by molar-refractivity contribution is 6.37. The smallest absolute Gasteiger partial charge is 0.251 e. The van der Waals surface area contributed by atoms with Crippen LogP contribution in [0.5, 0.6) is 11.5 Å². The molecule has 8 heteroatoms. The Kier molecular flexibility index (Phi) is 9.79. The number of hydrogen-bond acceptors (Lipinski definition) is 5. The molecule has 0 bridgehead atoms. The maximum Gasteiger partial charge on any atom is 0.251 e. The third kappa shape index (κ3) is 7.30. The summed E-state index contributed by atoms with van der Waals surface area (Å²) in [6.07, 6.45) is 2.72. The quantitative estimate of drug-likeness (QED) is 0.253. The summed E-state index contributed by atoms with van der Waals surface area (Å²) < 4.78 is 11.7. The average Bonchev–Trinajstić information content (AvgIpc) is 3.81. The molecule has 0 radical (unpaired) electrons. The number of hydrogen-bond donors (Lipinski definition) is 2. The Morgan fingerprint density at radius 1 is 1.00 bits per heavy atom. The molecule has 1 fully saturated rings. The number of nitrogens with zero attached hydrogens (tertiary/aromatic N) is 1. The van der Waals surface area contributed by atoms with Crippen molar-refractivity contribution in [3.8, 4) is 11.5 Å². The SMILES string of the molecule is Cc1cc(Cl)c(OCCOc2ccc(C3=C(C(=O)N(Cc4cccc(C)c4C)C4CC4)CNCC(N)C3)cc2)c(Cl)c1. The number of benzene rings is 3. The molecule has 6 nitrogen and oxygen atoms in total. The van der Waals surface area contributed by atoms with Gasteiger partial charge < -0.3 is 25.4 Å². The highest BCUT2D eigenvalue weighted by Crippen LogP contribution is 2.35. The molecule has 3 aromatic rings. The molecule has 0 saturated heterocycles. The Morgan fingerprint density at radius 3 is 2.38 bits per heavy atom. The highest BCUT2D eigenvalue weighted by Gasteiger charge is 2.35. The van der Waals surface area contributed by atoms with Gasteiger partial charge in [0.15, 0.2) is 5.75 Å². The molecular formula is C34H39Cl2N3O3. The van der Waals surface area contributed by atoms with Crippen molar-refractivity contribution in [2.45, 2.75) is 58.7 Å². The summed E-state index contributed by atoms with van der Waals surface area (Å²) in [6, 6.07) is 18.0. The van der Waals surface area contributed by atoms with Gasteiger partial charge in [0.1, 0.15) is 19.0 Å². The summed E-state index contributed by atoms with van der Waals surface area (Å²) in [4.78, 5) is 16.2. The Labute approximate surface area is 258 Å². The van der Waals surface area contributed by atoms with Crippen LogP contribution in [0.1, 0.15) is 47.1 Å². The van der Waals surface area contributed by atoms with Gasteiger partial charge in [0.05, 0.1) is 10.0 Å². The van der Waals surface area contributed by atoms with Crippen molar-refractivity contribution in [1.82, 2.24) is 10.2 Å². The molecule has 42 heavy (non-hydrogen) atoms. The van der Waals surface area contributed by atoms with Crippen molar-refractivity contribution in [1.29, 1.82) is 0 Å². The molecule has 222 valence electrons. The molecule has 1 aliphatic heterocycles. The lowest BCUT2D eigenvalue weighted by Crippen LogP contribution is -2.37. The van der Waals surface area contributed by atoms with Crippen molar-refractivity contribution < 1.29 is 14.3 Å².